The molecule has 2 aromatic carbocycles. The normalized spacial score (nSPS) is 11.4. The van der Waals surface area contributed by atoms with Gasteiger partial charge in [-0.25, -0.2) is 0 Å². The molecule has 0 aliphatic carbocycles. The van der Waals surface area contributed by atoms with Crippen LogP contribution < -0.4 is 19.5 Å². The Morgan fingerprint density at radius 2 is 1.54 bits per heavy atom. The number of nitrogens with one attached hydrogen (secondary N) is 1. The summed E-state index contributed by atoms with van der Waals surface area (Å²) in [4.78, 5) is 21.1. The second-order valence-electron chi connectivity index (χ2n) is 5.94. The van der Waals surface area contributed by atoms with Crippen LogP contribution in [0.2, 0.25) is 0 Å². The fourth-order valence-electron chi connectivity index (χ4n) is 2.58. The number of carbonyl (C=O) groups excluding carboxylic acids is 1. The summed E-state index contributed by atoms with van der Waals surface area (Å²) in [5.41, 5.74) is 1.38. The number of carbonyl (C=O) groups is 1. The van der Waals surface area contributed by atoms with Crippen molar-refractivity contribution in [2.75, 3.05) is 14.2 Å². The Morgan fingerprint density at radius 1 is 0.929 bits per heavy atom. The monoisotopic (exact) mass is 379 g/mol. The van der Waals surface area contributed by atoms with Gasteiger partial charge in [-0.05, 0) is 24.6 Å². The van der Waals surface area contributed by atoms with Crippen molar-refractivity contribution in [3.8, 4) is 23.5 Å². The molecule has 1 aromatic heterocycles. The number of nitrogens with zero attached hydrogens (tertiary/aromatic N) is 2. The van der Waals surface area contributed by atoms with E-state index in [2.05, 4.69) is 15.3 Å². The summed E-state index contributed by atoms with van der Waals surface area (Å²) in [5.74, 6) is 0.653. The van der Waals surface area contributed by atoms with Crippen LogP contribution in [0.4, 0.5) is 0 Å². The molecule has 0 saturated heterocycles. The first-order chi connectivity index (χ1) is 13.6. The zero-order valence-electron chi connectivity index (χ0n) is 15.9. The molecule has 3 aromatic rings. The van der Waals surface area contributed by atoms with Crippen molar-refractivity contribution >= 4 is 5.91 Å². The number of benzene rings is 2. The molecule has 1 atom stereocenters. The maximum absolute atomic E-state index is 12.8. The molecule has 0 fully saturated rings. The molecule has 1 amide bonds. The SMILES string of the molecule is COc1cc(OC)nc(Oc2ccccc2C(=O)N[C@@H](C)c2ccccc2)n1. The molecule has 0 saturated carbocycles. The van der Waals surface area contributed by atoms with Gasteiger partial charge in [-0.15, -0.1) is 0 Å². The molecule has 0 spiro atoms. The van der Waals surface area contributed by atoms with Gasteiger partial charge in [-0.1, -0.05) is 42.5 Å². The first-order valence-corrected chi connectivity index (χ1v) is 8.70. The van der Waals surface area contributed by atoms with Gasteiger partial charge in [0.15, 0.2) is 0 Å². The number of hydrogen-bond acceptors (Lipinski definition) is 6. The van der Waals surface area contributed by atoms with Crippen LogP contribution in [0.25, 0.3) is 0 Å². The Bertz CT molecular complexity index is 925. The zero-order chi connectivity index (χ0) is 19.9. The van der Waals surface area contributed by atoms with Gasteiger partial charge in [0.2, 0.25) is 11.8 Å². The van der Waals surface area contributed by atoms with Crippen molar-refractivity contribution in [3.05, 3.63) is 71.8 Å². The molecule has 1 heterocycles. The fourth-order valence-corrected chi connectivity index (χ4v) is 2.58. The minimum Gasteiger partial charge on any atom is -0.481 e. The Morgan fingerprint density at radius 3 is 2.18 bits per heavy atom. The van der Waals surface area contributed by atoms with E-state index in [0.29, 0.717) is 23.1 Å². The van der Waals surface area contributed by atoms with Gasteiger partial charge in [0.25, 0.3) is 5.91 Å². The minimum absolute atomic E-state index is 0.0209. The maximum atomic E-state index is 12.8. The summed E-state index contributed by atoms with van der Waals surface area (Å²) < 4.78 is 16.0. The summed E-state index contributed by atoms with van der Waals surface area (Å²) in [6.45, 7) is 1.92. The van der Waals surface area contributed by atoms with Crippen LogP contribution in [0.3, 0.4) is 0 Å². The molecular formula is C21H21N3O4. The van der Waals surface area contributed by atoms with Crippen molar-refractivity contribution in [1.82, 2.24) is 15.3 Å². The van der Waals surface area contributed by atoms with Crippen LogP contribution in [0.5, 0.6) is 23.5 Å². The lowest BCUT2D eigenvalue weighted by Gasteiger charge is -2.16. The van der Waals surface area contributed by atoms with E-state index in [4.69, 9.17) is 14.2 Å². The predicted molar refractivity (Wildman–Crippen MR) is 104 cm³/mol. The smallest absolute Gasteiger partial charge is 0.328 e. The quantitative estimate of drug-likeness (QED) is 0.673. The van der Waals surface area contributed by atoms with Crippen LogP contribution >= 0.6 is 0 Å². The lowest BCUT2D eigenvalue weighted by atomic mass is 10.1. The summed E-state index contributed by atoms with van der Waals surface area (Å²) in [5, 5.41) is 2.97. The second kappa shape index (κ2) is 8.85. The van der Waals surface area contributed by atoms with E-state index < -0.39 is 0 Å². The summed E-state index contributed by atoms with van der Waals surface area (Å²) in [6, 6.07) is 18.0. The average Bonchev–Trinajstić information content (AvgIpc) is 2.74. The molecule has 0 aliphatic rings. The van der Waals surface area contributed by atoms with Crippen LogP contribution in [0.1, 0.15) is 28.9 Å². The molecule has 1 N–H and O–H groups in total. The standard InChI is InChI=1S/C21H21N3O4/c1-14(15-9-5-4-6-10-15)22-20(25)16-11-7-8-12-17(16)28-21-23-18(26-2)13-19(24-21)27-3/h4-14H,1-3H3,(H,22,25)/t14-/m0/s1. The first-order valence-electron chi connectivity index (χ1n) is 8.70. The number of methoxy groups -OCH3 is 2. The number of para-hydroxylation sites is 1. The van der Waals surface area contributed by atoms with Crippen molar-refractivity contribution in [3.63, 3.8) is 0 Å². The lowest BCUT2D eigenvalue weighted by Crippen LogP contribution is -2.27. The van der Waals surface area contributed by atoms with E-state index in [1.54, 1.807) is 24.3 Å². The molecule has 28 heavy (non-hydrogen) atoms. The average molecular weight is 379 g/mol. The van der Waals surface area contributed by atoms with E-state index in [9.17, 15) is 4.79 Å². The van der Waals surface area contributed by atoms with Crippen LogP contribution in [-0.4, -0.2) is 30.1 Å². The Kier molecular flexibility index (Phi) is 6.06. The van der Waals surface area contributed by atoms with Crippen molar-refractivity contribution in [2.45, 2.75) is 13.0 Å². The second-order valence-corrected chi connectivity index (χ2v) is 5.94. The van der Waals surface area contributed by atoms with E-state index in [1.807, 2.05) is 37.3 Å². The Labute approximate surface area is 163 Å². The summed E-state index contributed by atoms with van der Waals surface area (Å²) in [7, 11) is 2.97. The minimum atomic E-state index is -0.262. The molecule has 0 bridgehead atoms. The van der Waals surface area contributed by atoms with Crippen LogP contribution in [-0.2, 0) is 0 Å². The third-order valence-corrected chi connectivity index (χ3v) is 4.06. The number of amides is 1. The Balaban J connectivity index is 1.82. The molecule has 0 unspecified atom stereocenters. The van der Waals surface area contributed by atoms with E-state index in [-0.39, 0.29) is 18.0 Å². The Hall–Kier alpha value is -3.61. The van der Waals surface area contributed by atoms with Gasteiger partial charge in [-0.3, -0.25) is 4.79 Å². The number of ether oxygens (including phenoxy) is 3. The molecular weight excluding hydrogens is 358 g/mol. The molecule has 144 valence electrons. The van der Waals surface area contributed by atoms with Crippen LogP contribution in [0.15, 0.2) is 60.7 Å². The highest BCUT2D eigenvalue weighted by molar-refractivity contribution is 5.97. The number of aromatic nitrogens is 2. The maximum Gasteiger partial charge on any atom is 0.328 e. The zero-order valence-corrected chi connectivity index (χ0v) is 15.9. The molecule has 0 aliphatic heterocycles. The first kappa shape index (κ1) is 19.2. The predicted octanol–water partition coefficient (Wildman–Crippen LogP) is 3.78. The van der Waals surface area contributed by atoms with Gasteiger partial charge < -0.3 is 19.5 Å². The van der Waals surface area contributed by atoms with E-state index in [1.165, 1.54) is 20.3 Å². The molecule has 7 nitrogen and oxygen atoms in total. The van der Waals surface area contributed by atoms with Crippen molar-refractivity contribution in [2.24, 2.45) is 0 Å². The largest absolute Gasteiger partial charge is 0.481 e. The third-order valence-electron chi connectivity index (χ3n) is 4.06. The van der Waals surface area contributed by atoms with E-state index in [0.717, 1.165) is 5.56 Å². The van der Waals surface area contributed by atoms with Gasteiger partial charge in [0.1, 0.15) is 5.75 Å². The van der Waals surface area contributed by atoms with E-state index >= 15 is 0 Å². The summed E-state index contributed by atoms with van der Waals surface area (Å²) >= 11 is 0. The summed E-state index contributed by atoms with van der Waals surface area (Å²) in [6.07, 6.45) is 0. The van der Waals surface area contributed by atoms with Gasteiger partial charge in [0.05, 0.1) is 31.9 Å². The number of hydrogen-bond donors (Lipinski definition) is 1. The number of rotatable bonds is 7. The lowest BCUT2D eigenvalue weighted by molar-refractivity contribution is 0.0937. The molecule has 0 radical (unpaired) electrons. The molecule has 3 rings (SSSR count). The third kappa shape index (κ3) is 4.56. The van der Waals surface area contributed by atoms with Gasteiger partial charge in [0, 0.05) is 0 Å². The highest BCUT2D eigenvalue weighted by Gasteiger charge is 2.17. The van der Waals surface area contributed by atoms with Crippen molar-refractivity contribution < 1.29 is 19.0 Å². The molecule has 7 heteroatoms. The topological polar surface area (TPSA) is 82.6 Å². The van der Waals surface area contributed by atoms with Gasteiger partial charge in [-0.2, -0.15) is 9.97 Å². The van der Waals surface area contributed by atoms with Crippen LogP contribution in [0, 0.1) is 0 Å². The van der Waals surface area contributed by atoms with Crippen molar-refractivity contribution in [1.29, 1.82) is 0 Å². The highest BCUT2D eigenvalue weighted by atomic mass is 16.5. The van der Waals surface area contributed by atoms with Gasteiger partial charge >= 0.3 is 6.01 Å². The highest BCUT2D eigenvalue weighted by Crippen LogP contribution is 2.27. The fraction of sp³-hybridized carbons (Fsp3) is 0.190.